The summed E-state index contributed by atoms with van der Waals surface area (Å²) >= 11 is 0. The molecule has 4 N–H and O–H groups in total. The molecule has 1 aromatic carbocycles. The summed E-state index contributed by atoms with van der Waals surface area (Å²) in [6, 6.07) is 8.77. The fourth-order valence-electron chi connectivity index (χ4n) is 3.85. The van der Waals surface area contributed by atoms with Gasteiger partial charge in [0.15, 0.2) is 0 Å². The number of fused-ring (bicyclic) bond motifs is 2. The molecule has 144 valence electrons. The number of amides is 1. The molecule has 2 atom stereocenters. The molecule has 0 saturated carbocycles. The molecule has 0 radical (unpaired) electrons. The number of carbonyl (C=O) groups is 2. The molecule has 0 unspecified atom stereocenters. The van der Waals surface area contributed by atoms with Gasteiger partial charge in [-0.25, -0.2) is 4.79 Å². The highest BCUT2D eigenvalue weighted by atomic mass is 16.5. The molecule has 1 amide bonds. The number of esters is 1. The average Bonchev–Trinajstić information content (AvgIpc) is 2.95. The van der Waals surface area contributed by atoms with Gasteiger partial charge in [-0.05, 0) is 25.5 Å². The molecular weight excluding hydrogens is 362 g/mol. The fourth-order valence-corrected chi connectivity index (χ4v) is 3.85. The van der Waals surface area contributed by atoms with Crippen LogP contribution in [-0.4, -0.2) is 23.5 Å². The molecule has 3 heterocycles. The van der Waals surface area contributed by atoms with Crippen LogP contribution in [0.5, 0.6) is 5.75 Å². The quantitative estimate of drug-likeness (QED) is 0.694. The minimum Gasteiger partial charge on any atom is -0.462 e. The minimum atomic E-state index is -0.934. The number of aromatic nitrogens is 1. The number of carbonyl (C=O) groups excluding carboxylic acids is 2. The van der Waals surface area contributed by atoms with Gasteiger partial charge in [0.2, 0.25) is 11.8 Å². The summed E-state index contributed by atoms with van der Waals surface area (Å²) in [7, 11) is 0. The van der Waals surface area contributed by atoms with Crippen LogP contribution in [0.4, 0.5) is 5.69 Å². The van der Waals surface area contributed by atoms with Gasteiger partial charge >= 0.3 is 5.97 Å². The average molecular weight is 381 g/mol. The number of nitrogens with one attached hydrogen (secondary N) is 2. The van der Waals surface area contributed by atoms with Crippen molar-refractivity contribution in [2.75, 3.05) is 11.9 Å². The monoisotopic (exact) mass is 381 g/mol. The van der Waals surface area contributed by atoms with Crippen molar-refractivity contribution in [2.45, 2.75) is 25.7 Å². The van der Waals surface area contributed by atoms with Gasteiger partial charge in [0.25, 0.3) is 5.56 Å². The van der Waals surface area contributed by atoms with E-state index < -0.39 is 23.4 Å². The Bertz CT molecular complexity index is 1090. The molecule has 4 rings (SSSR count). The highest BCUT2D eigenvalue weighted by Crippen LogP contribution is 2.49. The summed E-state index contributed by atoms with van der Waals surface area (Å²) in [5.74, 6) is -2.73. The highest BCUT2D eigenvalue weighted by molar-refractivity contribution is 6.05. The maximum atomic E-state index is 12.9. The summed E-state index contributed by atoms with van der Waals surface area (Å²) in [5.41, 5.74) is 7.67. The lowest BCUT2D eigenvalue weighted by molar-refractivity contribution is -0.139. The van der Waals surface area contributed by atoms with Crippen LogP contribution in [0.1, 0.15) is 35.6 Å². The number of benzene rings is 1. The van der Waals surface area contributed by atoms with Crippen LogP contribution >= 0.6 is 0 Å². The lowest BCUT2D eigenvalue weighted by Crippen LogP contribution is -2.36. The third-order valence-electron chi connectivity index (χ3n) is 4.94. The largest absolute Gasteiger partial charge is 0.462 e. The predicted octanol–water partition coefficient (Wildman–Crippen LogP) is 1.63. The van der Waals surface area contributed by atoms with Crippen LogP contribution < -0.4 is 21.3 Å². The zero-order valence-corrected chi connectivity index (χ0v) is 15.4. The number of aromatic amines is 1. The number of rotatable bonds is 3. The number of nitrogens with two attached hydrogens (primary N) is 1. The maximum Gasteiger partial charge on any atom is 0.340 e. The van der Waals surface area contributed by atoms with Gasteiger partial charge in [0.05, 0.1) is 18.1 Å². The number of hydrogen-bond donors (Lipinski definition) is 3. The Balaban J connectivity index is 1.98. The molecule has 8 heteroatoms. The summed E-state index contributed by atoms with van der Waals surface area (Å²) < 4.78 is 10.7. The van der Waals surface area contributed by atoms with Crippen molar-refractivity contribution in [1.82, 2.24) is 4.98 Å². The van der Waals surface area contributed by atoms with E-state index in [1.54, 1.807) is 44.2 Å². The Kier molecular flexibility index (Phi) is 4.18. The summed E-state index contributed by atoms with van der Waals surface area (Å²) in [6.45, 7) is 3.49. The summed E-state index contributed by atoms with van der Waals surface area (Å²) in [5, 5.41) is 2.81. The Morgan fingerprint density at radius 3 is 2.75 bits per heavy atom. The maximum absolute atomic E-state index is 12.9. The zero-order chi connectivity index (χ0) is 20.0. The topological polar surface area (TPSA) is 124 Å². The van der Waals surface area contributed by atoms with Crippen LogP contribution in [0.15, 0.2) is 46.6 Å². The molecule has 0 bridgehead atoms. The van der Waals surface area contributed by atoms with Crippen LogP contribution in [-0.2, 0) is 14.3 Å². The second-order valence-electron chi connectivity index (χ2n) is 6.69. The van der Waals surface area contributed by atoms with Crippen LogP contribution in [0, 0.1) is 6.92 Å². The van der Waals surface area contributed by atoms with Gasteiger partial charge in [-0.1, -0.05) is 18.2 Å². The van der Waals surface area contributed by atoms with Crippen molar-refractivity contribution in [3.8, 4) is 5.75 Å². The smallest absolute Gasteiger partial charge is 0.340 e. The van der Waals surface area contributed by atoms with Gasteiger partial charge in [0.1, 0.15) is 11.3 Å². The molecule has 0 saturated heterocycles. The number of pyridine rings is 1. The van der Waals surface area contributed by atoms with Gasteiger partial charge in [-0.3, -0.25) is 9.59 Å². The third kappa shape index (κ3) is 2.65. The lowest BCUT2D eigenvalue weighted by Gasteiger charge is -2.30. The first-order chi connectivity index (χ1) is 13.4. The standard InChI is InChI=1S/C20H19N3O5/c1-3-27-20(26)16-15(13-10-6-4-5-7-11(10)23-18(13)24)14-12(28-17(16)21)8-9(2)22-19(14)25/h4-8,13,15H,3,21H2,1-2H3,(H,22,25)(H,23,24)/t13-,15+/m1/s1. The second-order valence-corrected chi connectivity index (χ2v) is 6.69. The molecule has 2 aromatic rings. The highest BCUT2D eigenvalue weighted by Gasteiger charge is 2.47. The molecule has 2 aliphatic heterocycles. The third-order valence-corrected chi connectivity index (χ3v) is 4.94. The molecule has 0 fully saturated rings. The Hall–Kier alpha value is -3.55. The Labute approximate surface area is 160 Å². The molecule has 0 aliphatic carbocycles. The lowest BCUT2D eigenvalue weighted by atomic mass is 9.76. The van der Waals surface area contributed by atoms with E-state index in [9.17, 15) is 14.4 Å². The van der Waals surface area contributed by atoms with Crippen molar-refractivity contribution in [2.24, 2.45) is 5.73 Å². The van der Waals surface area contributed by atoms with Gasteiger partial charge in [0, 0.05) is 23.4 Å². The van der Waals surface area contributed by atoms with Gasteiger partial charge in [-0.2, -0.15) is 0 Å². The molecule has 2 aliphatic rings. The molecule has 0 spiro atoms. The van der Waals surface area contributed by atoms with E-state index in [-0.39, 0.29) is 35.3 Å². The fraction of sp³-hybridized carbons (Fsp3) is 0.250. The van der Waals surface area contributed by atoms with E-state index in [0.717, 1.165) is 0 Å². The molecule has 8 nitrogen and oxygen atoms in total. The molecule has 28 heavy (non-hydrogen) atoms. The normalized spacial score (nSPS) is 20.1. The first-order valence-corrected chi connectivity index (χ1v) is 8.90. The van der Waals surface area contributed by atoms with Crippen molar-refractivity contribution in [3.05, 3.63) is 69.0 Å². The van der Waals surface area contributed by atoms with E-state index in [0.29, 0.717) is 16.9 Å². The van der Waals surface area contributed by atoms with E-state index in [1.165, 1.54) is 0 Å². The van der Waals surface area contributed by atoms with E-state index >= 15 is 0 Å². The number of aryl methyl sites for hydroxylation is 1. The van der Waals surface area contributed by atoms with E-state index in [4.69, 9.17) is 15.2 Å². The van der Waals surface area contributed by atoms with Crippen molar-refractivity contribution in [1.29, 1.82) is 0 Å². The van der Waals surface area contributed by atoms with Crippen molar-refractivity contribution >= 4 is 17.6 Å². The number of H-pyrrole nitrogens is 1. The minimum absolute atomic E-state index is 0.0273. The molecule has 1 aromatic heterocycles. The summed E-state index contributed by atoms with van der Waals surface area (Å²) in [4.78, 5) is 41.1. The number of ether oxygens (including phenoxy) is 2. The second kappa shape index (κ2) is 6.56. The van der Waals surface area contributed by atoms with E-state index in [1.807, 2.05) is 0 Å². The van der Waals surface area contributed by atoms with Crippen molar-refractivity contribution in [3.63, 3.8) is 0 Å². The van der Waals surface area contributed by atoms with Gasteiger partial charge in [-0.15, -0.1) is 0 Å². The Morgan fingerprint density at radius 2 is 2.00 bits per heavy atom. The number of hydrogen-bond acceptors (Lipinski definition) is 6. The first-order valence-electron chi connectivity index (χ1n) is 8.90. The zero-order valence-electron chi connectivity index (χ0n) is 15.4. The summed E-state index contributed by atoms with van der Waals surface area (Å²) in [6.07, 6.45) is 0. The SMILES string of the molecule is CCOC(=O)C1=C(N)Oc2cc(C)[nH]c(=O)c2[C@@H]1[C@@H]1C(=O)Nc2ccccc21. The Morgan fingerprint density at radius 1 is 1.25 bits per heavy atom. The number of anilines is 1. The first kappa shape index (κ1) is 17.8. The van der Waals surface area contributed by atoms with Crippen molar-refractivity contribution < 1.29 is 19.1 Å². The van der Waals surface area contributed by atoms with Crippen LogP contribution in [0.3, 0.4) is 0 Å². The number of para-hydroxylation sites is 1. The van der Waals surface area contributed by atoms with Crippen LogP contribution in [0.2, 0.25) is 0 Å². The van der Waals surface area contributed by atoms with Crippen LogP contribution in [0.25, 0.3) is 0 Å². The van der Waals surface area contributed by atoms with Gasteiger partial charge < -0.3 is 25.5 Å². The predicted molar refractivity (Wildman–Crippen MR) is 101 cm³/mol. The molecular formula is C20H19N3O5. The van der Waals surface area contributed by atoms with E-state index in [2.05, 4.69) is 10.3 Å².